The minimum absolute atomic E-state index is 0.0102. The van der Waals surface area contributed by atoms with Crippen LogP contribution < -0.4 is 15.8 Å². The van der Waals surface area contributed by atoms with Crippen molar-refractivity contribution in [3.05, 3.63) is 59.1 Å². The third kappa shape index (κ3) is 4.40. The topological polar surface area (TPSA) is 73.1 Å². The molecule has 27 heavy (non-hydrogen) atoms. The molecule has 3 N–H and O–H groups in total. The minimum atomic E-state index is -4.39. The number of methoxy groups -OCH3 is 1. The lowest BCUT2D eigenvalue weighted by Gasteiger charge is -2.12. The molecular weight excluding hydrogens is 381 g/mol. The number of hydrogen-bond donors (Lipinski definition) is 2. The Morgan fingerprint density at radius 1 is 1.04 bits per heavy atom. The van der Waals surface area contributed by atoms with Gasteiger partial charge in [0.25, 0.3) is 0 Å². The Morgan fingerprint density at radius 3 is 2.37 bits per heavy atom. The molecule has 1 heterocycles. The smallest absolute Gasteiger partial charge is 0.416 e. The highest BCUT2D eigenvalue weighted by Gasteiger charge is 2.29. The summed E-state index contributed by atoms with van der Waals surface area (Å²) >= 11 is 6.05. The maximum Gasteiger partial charge on any atom is 0.416 e. The summed E-state index contributed by atoms with van der Waals surface area (Å²) in [6, 6.07) is 11.2. The number of halogens is 4. The van der Waals surface area contributed by atoms with E-state index in [1.807, 2.05) is 0 Å². The number of nitrogens with zero attached hydrogens (tertiary/aromatic N) is 2. The number of nitrogens with two attached hydrogens (primary N) is 1. The fraction of sp³-hybridized carbons (Fsp3) is 0.111. The molecule has 0 aliphatic rings. The van der Waals surface area contributed by atoms with E-state index >= 15 is 0 Å². The molecule has 0 saturated heterocycles. The first kappa shape index (κ1) is 18.8. The van der Waals surface area contributed by atoms with Crippen LogP contribution in [0.4, 0.5) is 30.6 Å². The van der Waals surface area contributed by atoms with Crippen molar-refractivity contribution in [3.63, 3.8) is 0 Å². The molecule has 0 bridgehead atoms. The zero-order valence-electron chi connectivity index (χ0n) is 14.0. The molecule has 0 saturated carbocycles. The lowest BCUT2D eigenvalue weighted by molar-refractivity contribution is -0.137. The molecule has 9 heteroatoms. The monoisotopic (exact) mass is 394 g/mol. The number of anilines is 3. The first-order chi connectivity index (χ1) is 12.8. The van der Waals surface area contributed by atoms with Crippen LogP contribution >= 0.6 is 11.6 Å². The zero-order chi connectivity index (χ0) is 19.6. The Labute approximate surface area is 158 Å². The van der Waals surface area contributed by atoms with Crippen LogP contribution in [-0.2, 0) is 6.18 Å². The van der Waals surface area contributed by atoms with Crippen molar-refractivity contribution in [2.45, 2.75) is 6.18 Å². The van der Waals surface area contributed by atoms with Gasteiger partial charge < -0.3 is 15.8 Å². The van der Waals surface area contributed by atoms with Gasteiger partial charge in [0, 0.05) is 22.3 Å². The van der Waals surface area contributed by atoms with Crippen molar-refractivity contribution < 1.29 is 17.9 Å². The summed E-state index contributed by atoms with van der Waals surface area (Å²) in [4.78, 5) is 8.24. The standard InChI is InChI=1S/C18H14ClF3N4O/c1-27-15-7-4-11(19)8-13(15)14-9-16(26-17(23)25-14)24-12-5-2-10(3-6-12)18(20,21)22/h2-9H,1H3,(H3,23,24,25,26). The fourth-order valence-electron chi connectivity index (χ4n) is 2.44. The van der Waals surface area contributed by atoms with E-state index in [-0.39, 0.29) is 5.95 Å². The van der Waals surface area contributed by atoms with E-state index in [4.69, 9.17) is 22.1 Å². The Hall–Kier alpha value is -3.00. The van der Waals surface area contributed by atoms with Gasteiger partial charge in [-0.3, -0.25) is 0 Å². The first-order valence-corrected chi connectivity index (χ1v) is 8.07. The van der Waals surface area contributed by atoms with Crippen molar-refractivity contribution in [1.29, 1.82) is 0 Å². The number of aromatic nitrogens is 2. The molecule has 3 aromatic rings. The highest BCUT2D eigenvalue weighted by atomic mass is 35.5. The summed E-state index contributed by atoms with van der Waals surface area (Å²) in [5, 5.41) is 3.40. The molecule has 0 spiro atoms. The van der Waals surface area contributed by atoms with E-state index in [0.717, 1.165) is 12.1 Å². The second-order valence-electron chi connectivity index (χ2n) is 5.54. The maximum atomic E-state index is 12.7. The maximum absolute atomic E-state index is 12.7. The summed E-state index contributed by atoms with van der Waals surface area (Å²) in [5.41, 5.74) is 6.52. The second-order valence-corrected chi connectivity index (χ2v) is 5.98. The minimum Gasteiger partial charge on any atom is -0.496 e. The molecule has 0 aliphatic carbocycles. The van der Waals surface area contributed by atoms with Crippen LogP contribution in [0, 0.1) is 0 Å². The third-order valence-corrected chi connectivity index (χ3v) is 3.90. The number of ether oxygens (including phenoxy) is 1. The molecule has 3 rings (SSSR count). The number of nitrogens with one attached hydrogen (secondary N) is 1. The molecule has 1 aromatic heterocycles. The van der Waals surface area contributed by atoms with Crippen molar-refractivity contribution in [2.24, 2.45) is 0 Å². The van der Waals surface area contributed by atoms with Crippen molar-refractivity contribution >= 4 is 29.1 Å². The Bertz CT molecular complexity index is 962. The summed E-state index contributed by atoms with van der Waals surface area (Å²) in [6.07, 6.45) is -4.39. The largest absolute Gasteiger partial charge is 0.496 e. The van der Waals surface area contributed by atoms with Gasteiger partial charge in [-0.1, -0.05) is 11.6 Å². The Balaban J connectivity index is 1.94. The number of benzene rings is 2. The van der Waals surface area contributed by atoms with Crippen molar-refractivity contribution in [1.82, 2.24) is 9.97 Å². The summed E-state index contributed by atoms with van der Waals surface area (Å²) in [6.45, 7) is 0. The lowest BCUT2D eigenvalue weighted by Crippen LogP contribution is -2.05. The predicted molar refractivity (Wildman–Crippen MR) is 98.2 cm³/mol. The fourth-order valence-corrected chi connectivity index (χ4v) is 2.61. The van der Waals surface area contributed by atoms with Gasteiger partial charge in [-0.2, -0.15) is 18.2 Å². The zero-order valence-corrected chi connectivity index (χ0v) is 14.8. The SMILES string of the molecule is COc1ccc(Cl)cc1-c1cc(Nc2ccc(C(F)(F)F)cc2)nc(N)n1. The van der Waals surface area contributed by atoms with Crippen LogP contribution in [-0.4, -0.2) is 17.1 Å². The molecule has 0 radical (unpaired) electrons. The van der Waals surface area contributed by atoms with Crippen molar-refractivity contribution in [3.8, 4) is 17.0 Å². The van der Waals surface area contributed by atoms with Crippen molar-refractivity contribution in [2.75, 3.05) is 18.2 Å². The average Bonchev–Trinajstić information content (AvgIpc) is 2.61. The van der Waals surface area contributed by atoms with Gasteiger partial charge in [0.05, 0.1) is 18.4 Å². The number of hydrogen-bond acceptors (Lipinski definition) is 5. The van der Waals surface area contributed by atoms with Crippen LogP contribution in [0.3, 0.4) is 0 Å². The third-order valence-electron chi connectivity index (χ3n) is 3.67. The van der Waals surface area contributed by atoms with Crippen LogP contribution in [0.2, 0.25) is 5.02 Å². The molecule has 0 atom stereocenters. The average molecular weight is 395 g/mol. The van der Waals surface area contributed by atoms with Gasteiger partial charge in [-0.25, -0.2) is 4.98 Å². The van der Waals surface area contributed by atoms with Crippen LogP contribution in [0.15, 0.2) is 48.5 Å². The van der Waals surface area contributed by atoms with E-state index in [1.54, 1.807) is 24.3 Å². The number of nitrogen functional groups attached to an aromatic ring is 1. The Morgan fingerprint density at radius 2 is 1.74 bits per heavy atom. The molecule has 0 amide bonds. The highest BCUT2D eigenvalue weighted by Crippen LogP contribution is 2.34. The van der Waals surface area contributed by atoms with Crippen LogP contribution in [0.1, 0.15) is 5.56 Å². The molecule has 2 aromatic carbocycles. The molecule has 0 unspecified atom stereocenters. The second kappa shape index (κ2) is 7.32. The van der Waals surface area contributed by atoms with Crippen LogP contribution in [0.25, 0.3) is 11.3 Å². The normalized spacial score (nSPS) is 11.3. The molecule has 0 fully saturated rings. The number of rotatable bonds is 4. The van der Waals surface area contributed by atoms with Crippen LogP contribution in [0.5, 0.6) is 5.75 Å². The quantitative estimate of drug-likeness (QED) is 0.640. The van der Waals surface area contributed by atoms with Gasteiger partial charge in [-0.05, 0) is 42.5 Å². The summed E-state index contributed by atoms with van der Waals surface area (Å²) < 4.78 is 43.3. The first-order valence-electron chi connectivity index (χ1n) is 7.69. The molecule has 5 nitrogen and oxygen atoms in total. The molecular formula is C18H14ClF3N4O. The predicted octanol–water partition coefficient (Wildman–Crippen LogP) is 5.15. The van der Waals surface area contributed by atoms with E-state index < -0.39 is 11.7 Å². The van der Waals surface area contributed by atoms with E-state index in [0.29, 0.717) is 33.5 Å². The Kier molecular flexibility index (Phi) is 5.09. The van der Waals surface area contributed by atoms with E-state index in [1.165, 1.54) is 19.2 Å². The lowest BCUT2D eigenvalue weighted by atomic mass is 10.1. The van der Waals surface area contributed by atoms with Gasteiger partial charge in [0.2, 0.25) is 5.95 Å². The molecule has 0 aliphatic heterocycles. The van der Waals surface area contributed by atoms with E-state index in [9.17, 15) is 13.2 Å². The summed E-state index contributed by atoms with van der Waals surface area (Å²) in [5.74, 6) is 0.848. The molecule has 140 valence electrons. The van der Waals surface area contributed by atoms with Gasteiger partial charge in [-0.15, -0.1) is 0 Å². The van der Waals surface area contributed by atoms with E-state index in [2.05, 4.69) is 15.3 Å². The van der Waals surface area contributed by atoms with Gasteiger partial charge >= 0.3 is 6.18 Å². The van der Waals surface area contributed by atoms with Gasteiger partial charge in [0.15, 0.2) is 0 Å². The summed E-state index contributed by atoms with van der Waals surface area (Å²) in [7, 11) is 1.51. The van der Waals surface area contributed by atoms with Gasteiger partial charge in [0.1, 0.15) is 11.6 Å². The highest BCUT2D eigenvalue weighted by molar-refractivity contribution is 6.31. The number of alkyl halides is 3.